The number of benzene rings is 4. The van der Waals surface area contributed by atoms with Crippen LogP contribution >= 0.6 is 0 Å². The van der Waals surface area contributed by atoms with Crippen molar-refractivity contribution in [2.45, 2.75) is 60.7 Å². The molecule has 0 fully saturated rings. The normalized spacial score (nSPS) is 11.7. The number of pyridine rings is 3. The van der Waals surface area contributed by atoms with E-state index in [9.17, 15) is 0 Å². The molecule has 8 heteroatoms. The number of furan rings is 1. The Hall–Kier alpha value is -5.53. The van der Waals surface area contributed by atoms with Crippen LogP contribution in [0.2, 0.25) is 19.6 Å². The summed E-state index contributed by atoms with van der Waals surface area (Å²) in [6, 6.07) is 43.9. The van der Waals surface area contributed by atoms with Gasteiger partial charge < -0.3 is 14.0 Å². The zero-order valence-corrected chi connectivity index (χ0v) is 37.7. The first-order valence-electron chi connectivity index (χ1n) is 19.5. The van der Waals surface area contributed by atoms with Crippen molar-refractivity contribution < 1.29 is 24.5 Å². The molecule has 293 valence electrons. The molecule has 6 nitrogen and oxygen atoms in total. The van der Waals surface area contributed by atoms with Crippen molar-refractivity contribution in [3.8, 4) is 39.5 Å². The first-order valence-corrected chi connectivity index (χ1v) is 23.0. The number of para-hydroxylation sites is 1. The maximum absolute atomic E-state index is 6.46. The Morgan fingerprint density at radius 3 is 2.29 bits per heavy atom. The van der Waals surface area contributed by atoms with Crippen LogP contribution in [0.4, 0.5) is 0 Å². The SMILES string of the molecule is CC(C)(C)Cc1cc(-c2[c-]cccc2)ncc1[Si](C)(C)C.Cc1cc2oc3c(-c4nc5cnccc5n4-c4ccccc4-c4ccccc4)[c-]ccc3c2c(C)n1.[Ir]. The van der Waals surface area contributed by atoms with Gasteiger partial charge in [0, 0.05) is 66.6 Å². The fourth-order valence-corrected chi connectivity index (χ4v) is 9.30. The quantitative estimate of drug-likeness (QED) is 0.123. The van der Waals surface area contributed by atoms with Gasteiger partial charge in [0.2, 0.25) is 0 Å². The van der Waals surface area contributed by atoms with E-state index in [0.717, 1.165) is 90.2 Å². The summed E-state index contributed by atoms with van der Waals surface area (Å²) >= 11 is 0. The molecule has 0 amide bonds. The Morgan fingerprint density at radius 2 is 1.55 bits per heavy atom. The fourth-order valence-electron chi connectivity index (χ4n) is 7.73. The molecule has 0 N–H and O–H groups in total. The topological polar surface area (TPSA) is 69.6 Å². The van der Waals surface area contributed by atoms with E-state index >= 15 is 0 Å². The molecule has 5 aromatic heterocycles. The van der Waals surface area contributed by atoms with Gasteiger partial charge in [0.1, 0.15) is 5.58 Å². The molecule has 0 saturated heterocycles. The van der Waals surface area contributed by atoms with Gasteiger partial charge in [-0.1, -0.05) is 112 Å². The van der Waals surface area contributed by atoms with Crippen molar-refractivity contribution in [2.75, 3.05) is 0 Å². The van der Waals surface area contributed by atoms with E-state index in [1.807, 2.05) is 62.4 Å². The van der Waals surface area contributed by atoms with Crippen LogP contribution in [0.1, 0.15) is 37.7 Å². The van der Waals surface area contributed by atoms with Gasteiger partial charge >= 0.3 is 0 Å². The molecule has 0 saturated carbocycles. The molecule has 4 aromatic carbocycles. The molecule has 0 spiro atoms. The number of hydrogen-bond donors (Lipinski definition) is 0. The fraction of sp³-hybridized carbons (Fsp3) is 0.200. The maximum Gasteiger partial charge on any atom is 0.124 e. The molecular formula is C50H47IrN5OSi-2. The zero-order chi connectivity index (χ0) is 39.9. The van der Waals surface area contributed by atoms with Crippen molar-refractivity contribution in [2.24, 2.45) is 5.41 Å². The Balaban J connectivity index is 0.000000200. The van der Waals surface area contributed by atoms with Gasteiger partial charge in [-0.15, -0.1) is 54.1 Å². The van der Waals surface area contributed by atoms with Crippen molar-refractivity contribution >= 4 is 46.2 Å². The summed E-state index contributed by atoms with van der Waals surface area (Å²) in [5.74, 6) is 0.758. The largest absolute Gasteiger partial charge is 0.500 e. The number of fused-ring (bicyclic) bond motifs is 4. The van der Waals surface area contributed by atoms with Crippen LogP contribution in [-0.2, 0) is 26.5 Å². The smallest absolute Gasteiger partial charge is 0.124 e. The minimum absolute atomic E-state index is 0. The van der Waals surface area contributed by atoms with E-state index in [4.69, 9.17) is 14.4 Å². The number of nitrogens with zero attached hydrogens (tertiary/aromatic N) is 5. The van der Waals surface area contributed by atoms with E-state index in [-0.39, 0.29) is 25.5 Å². The van der Waals surface area contributed by atoms with Crippen LogP contribution in [0.25, 0.3) is 72.4 Å². The molecule has 0 atom stereocenters. The van der Waals surface area contributed by atoms with E-state index in [0.29, 0.717) is 0 Å². The molecule has 0 aliphatic heterocycles. The third-order valence-corrected chi connectivity index (χ3v) is 12.2. The van der Waals surface area contributed by atoms with Crippen LogP contribution in [0.5, 0.6) is 0 Å². The minimum atomic E-state index is -1.37. The predicted molar refractivity (Wildman–Crippen MR) is 238 cm³/mol. The van der Waals surface area contributed by atoms with Crippen LogP contribution < -0.4 is 5.19 Å². The zero-order valence-electron chi connectivity index (χ0n) is 34.3. The number of rotatable bonds is 6. The first kappa shape index (κ1) is 40.7. The van der Waals surface area contributed by atoms with Gasteiger partial charge in [-0.25, -0.2) is 0 Å². The molecule has 58 heavy (non-hydrogen) atoms. The van der Waals surface area contributed by atoms with E-state index in [1.54, 1.807) is 12.4 Å². The van der Waals surface area contributed by atoms with Crippen molar-refractivity contribution in [3.63, 3.8) is 0 Å². The van der Waals surface area contributed by atoms with Crippen LogP contribution in [0.15, 0.2) is 132 Å². The standard InChI is InChI=1S/C31H21N4O.C19H26NSi.Ir/c1-19-17-28-29(20(2)33-19)23-12-8-13-24(30(23)36-28)31-34-25-18-32-16-15-27(25)35(31)26-14-7-6-11-22(26)21-9-4-3-5-10-21;1-19(2,3)13-16-12-17(15-10-8-7-9-11-15)20-14-18(16)21(4,5)6;/h3-12,14-18H,1-2H3;7-10,12,14H,13H2,1-6H3;/q2*-1;. The summed E-state index contributed by atoms with van der Waals surface area (Å²) in [6.45, 7) is 18.1. The van der Waals surface area contributed by atoms with Crippen molar-refractivity contribution in [3.05, 3.63) is 157 Å². The number of hydrogen-bond acceptors (Lipinski definition) is 5. The number of aromatic nitrogens is 5. The monoisotopic (exact) mass is 954 g/mol. The summed E-state index contributed by atoms with van der Waals surface area (Å²) in [7, 11) is -1.37. The molecule has 5 heterocycles. The molecule has 0 bridgehead atoms. The van der Waals surface area contributed by atoms with E-state index in [1.165, 1.54) is 10.8 Å². The Kier molecular flexibility index (Phi) is 11.5. The first-order chi connectivity index (χ1) is 27.4. The van der Waals surface area contributed by atoms with Gasteiger partial charge in [0.25, 0.3) is 0 Å². The van der Waals surface area contributed by atoms with Gasteiger partial charge in [-0.2, -0.15) is 0 Å². The third-order valence-electron chi connectivity index (χ3n) is 10.1. The molecule has 0 aliphatic carbocycles. The Morgan fingerprint density at radius 1 is 0.793 bits per heavy atom. The summed E-state index contributed by atoms with van der Waals surface area (Å²) in [5, 5.41) is 3.52. The second kappa shape index (κ2) is 16.4. The summed E-state index contributed by atoms with van der Waals surface area (Å²) in [5.41, 5.74) is 13.2. The second-order valence-corrected chi connectivity index (χ2v) is 22.0. The summed E-state index contributed by atoms with van der Waals surface area (Å²) in [4.78, 5) is 18.8. The minimum Gasteiger partial charge on any atom is -0.500 e. The van der Waals surface area contributed by atoms with E-state index in [2.05, 4.69) is 134 Å². The molecular weight excluding hydrogens is 907 g/mol. The van der Waals surface area contributed by atoms with Gasteiger partial charge in [0.05, 0.1) is 36.7 Å². The second-order valence-electron chi connectivity index (χ2n) is 16.9. The van der Waals surface area contributed by atoms with Gasteiger partial charge in [-0.3, -0.25) is 15.0 Å². The number of imidazole rings is 1. The van der Waals surface area contributed by atoms with Gasteiger partial charge in [0.15, 0.2) is 0 Å². The predicted octanol–water partition coefficient (Wildman–Crippen LogP) is 12.1. The third kappa shape index (κ3) is 8.23. The van der Waals surface area contributed by atoms with E-state index < -0.39 is 8.07 Å². The van der Waals surface area contributed by atoms with Crippen molar-refractivity contribution in [1.82, 2.24) is 24.5 Å². The van der Waals surface area contributed by atoms with Crippen LogP contribution in [0.3, 0.4) is 0 Å². The number of aryl methyl sites for hydroxylation is 2. The molecule has 1 radical (unpaired) electrons. The van der Waals surface area contributed by atoms with Crippen LogP contribution in [0, 0.1) is 31.4 Å². The average molecular weight is 954 g/mol. The summed E-state index contributed by atoms with van der Waals surface area (Å²) < 4.78 is 8.65. The molecule has 0 aliphatic rings. The molecule has 0 unspecified atom stereocenters. The average Bonchev–Trinajstić information content (AvgIpc) is 3.76. The summed E-state index contributed by atoms with van der Waals surface area (Å²) in [6.07, 6.45) is 6.81. The molecule has 9 aromatic rings. The Bertz CT molecular complexity index is 2870. The van der Waals surface area contributed by atoms with Gasteiger partial charge in [-0.05, 0) is 54.3 Å². The maximum atomic E-state index is 6.46. The Labute approximate surface area is 355 Å². The van der Waals surface area contributed by atoms with Crippen LogP contribution in [-0.4, -0.2) is 32.6 Å². The van der Waals surface area contributed by atoms with Crippen molar-refractivity contribution in [1.29, 1.82) is 0 Å². The molecule has 9 rings (SSSR count).